The van der Waals surface area contributed by atoms with Gasteiger partial charge in [-0.25, -0.2) is 0 Å². The van der Waals surface area contributed by atoms with E-state index in [4.69, 9.17) is 15.7 Å². The first-order chi connectivity index (χ1) is 9.93. The molecular formula is C17H20N2O2. The zero-order chi connectivity index (χ0) is 15.6. The number of rotatable bonds is 3. The maximum absolute atomic E-state index is 8.93. The Balaban J connectivity index is 2.53. The second kappa shape index (κ2) is 5.87. The standard InChI is InChI=1S/C17H20N2O2/c1-10-5-8-15(14(9-10)17(18)19-20)21-16-12(3)7-6-11(2)13(16)4/h5-9,20H,1-4H3,(H2,18,19). The molecule has 2 aromatic carbocycles. The van der Waals surface area contributed by atoms with Crippen LogP contribution in [-0.2, 0) is 0 Å². The van der Waals surface area contributed by atoms with E-state index in [1.165, 1.54) is 0 Å². The van der Waals surface area contributed by atoms with Crippen molar-refractivity contribution in [2.75, 3.05) is 0 Å². The summed E-state index contributed by atoms with van der Waals surface area (Å²) in [5.74, 6) is 1.43. The first kappa shape index (κ1) is 14.9. The van der Waals surface area contributed by atoms with E-state index < -0.39 is 0 Å². The van der Waals surface area contributed by atoms with Gasteiger partial charge in [0.05, 0.1) is 5.56 Å². The lowest BCUT2D eigenvalue weighted by molar-refractivity contribution is 0.318. The van der Waals surface area contributed by atoms with Crippen LogP contribution in [0.25, 0.3) is 0 Å². The molecule has 3 N–H and O–H groups in total. The van der Waals surface area contributed by atoms with Crippen LogP contribution in [0.4, 0.5) is 0 Å². The van der Waals surface area contributed by atoms with E-state index in [9.17, 15) is 0 Å². The molecule has 110 valence electrons. The van der Waals surface area contributed by atoms with Gasteiger partial charge in [0.25, 0.3) is 0 Å². The lowest BCUT2D eigenvalue weighted by Gasteiger charge is -2.16. The Labute approximate surface area is 124 Å². The molecule has 0 aliphatic heterocycles. The minimum atomic E-state index is 0.0386. The zero-order valence-corrected chi connectivity index (χ0v) is 12.8. The van der Waals surface area contributed by atoms with Crippen molar-refractivity contribution in [3.8, 4) is 11.5 Å². The Morgan fingerprint density at radius 2 is 1.71 bits per heavy atom. The summed E-state index contributed by atoms with van der Waals surface area (Å²) >= 11 is 0. The SMILES string of the molecule is Cc1ccc(Oc2c(C)ccc(C)c2C)c(/C(N)=N/O)c1. The molecular weight excluding hydrogens is 264 g/mol. The van der Waals surface area contributed by atoms with Gasteiger partial charge in [-0.2, -0.15) is 0 Å². The number of amidine groups is 1. The Bertz CT molecular complexity index is 706. The van der Waals surface area contributed by atoms with Crippen LogP contribution in [0.1, 0.15) is 27.8 Å². The number of ether oxygens (including phenoxy) is 1. The molecule has 0 aliphatic rings. The van der Waals surface area contributed by atoms with Crippen LogP contribution in [0.2, 0.25) is 0 Å². The Morgan fingerprint density at radius 3 is 2.38 bits per heavy atom. The van der Waals surface area contributed by atoms with E-state index in [0.29, 0.717) is 11.3 Å². The van der Waals surface area contributed by atoms with E-state index in [1.54, 1.807) is 0 Å². The number of aryl methyl sites for hydroxylation is 3. The Hall–Kier alpha value is -2.49. The molecule has 0 aromatic heterocycles. The number of nitrogens with zero attached hydrogens (tertiary/aromatic N) is 1. The van der Waals surface area contributed by atoms with Gasteiger partial charge in [0, 0.05) is 0 Å². The monoisotopic (exact) mass is 284 g/mol. The van der Waals surface area contributed by atoms with Gasteiger partial charge in [-0.3, -0.25) is 0 Å². The van der Waals surface area contributed by atoms with E-state index >= 15 is 0 Å². The van der Waals surface area contributed by atoms with Crippen molar-refractivity contribution < 1.29 is 9.94 Å². The maximum Gasteiger partial charge on any atom is 0.173 e. The summed E-state index contributed by atoms with van der Waals surface area (Å²) in [4.78, 5) is 0. The average molecular weight is 284 g/mol. The first-order valence-corrected chi connectivity index (χ1v) is 6.77. The van der Waals surface area contributed by atoms with Crippen LogP contribution in [0.3, 0.4) is 0 Å². The number of oxime groups is 1. The number of hydrogen-bond acceptors (Lipinski definition) is 3. The van der Waals surface area contributed by atoms with Crippen molar-refractivity contribution in [1.29, 1.82) is 0 Å². The highest BCUT2D eigenvalue weighted by Gasteiger charge is 2.13. The molecule has 0 aliphatic carbocycles. The second-order valence-corrected chi connectivity index (χ2v) is 5.24. The van der Waals surface area contributed by atoms with Crippen LogP contribution in [-0.4, -0.2) is 11.0 Å². The van der Waals surface area contributed by atoms with Gasteiger partial charge in [0.1, 0.15) is 11.5 Å². The summed E-state index contributed by atoms with van der Waals surface area (Å²) < 4.78 is 6.06. The quantitative estimate of drug-likeness (QED) is 0.390. The number of nitrogens with two attached hydrogens (primary N) is 1. The minimum Gasteiger partial charge on any atom is -0.456 e. The fourth-order valence-electron chi connectivity index (χ4n) is 2.18. The van der Waals surface area contributed by atoms with E-state index in [1.807, 2.05) is 52.0 Å². The van der Waals surface area contributed by atoms with Crippen molar-refractivity contribution in [2.24, 2.45) is 10.9 Å². The molecule has 4 heteroatoms. The molecule has 4 nitrogen and oxygen atoms in total. The largest absolute Gasteiger partial charge is 0.456 e. The van der Waals surface area contributed by atoms with Crippen LogP contribution in [0.5, 0.6) is 11.5 Å². The lowest BCUT2D eigenvalue weighted by Crippen LogP contribution is -2.14. The summed E-state index contributed by atoms with van der Waals surface area (Å²) in [5.41, 5.74) is 10.6. The van der Waals surface area contributed by atoms with Crippen LogP contribution in [0, 0.1) is 27.7 Å². The topological polar surface area (TPSA) is 67.8 Å². The highest BCUT2D eigenvalue weighted by atomic mass is 16.5. The van der Waals surface area contributed by atoms with Gasteiger partial charge >= 0.3 is 0 Å². The predicted molar refractivity (Wildman–Crippen MR) is 84.4 cm³/mol. The third-order valence-corrected chi connectivity index (χ3v) is 3.60. The summed E-state index contributed by atoms with van der Waals surface area (Å²) in [5, 5.41) is 12.0. The molecule has 0 spiro atoms. The van der Waals surface area contributed by atoms with Gasteiger partial charge in [0.15, 0.2) is 5.84 Å². The molecule has 0 radical (unpaired) electrons. The number of benzene rings is 2. The van der Waals surface area contributed by atoms with Crippen LogP contribution in [0.15, 0.2) is 35.5 Å². The van der Waals surface area contributed by atoms with Gasteiger partial charge < -0.3 is 15.7 Å². The summed E-state index contributed by atoms with van der Waals surface area (Å²) in [7, 11) is 0. The van der Waals surface area contributed by atoms with Gasteiger partial charge in [-0.15, -0.1) is 0 Å². The molecule has 0 saturated heterocycles. The lowest BCUT2D eigenvalue weighted by atomic mass is 10.0. The van der Waals surface area contributed by atoms with Gasteiger partial charge in [0.2, 0.25) is 0 Å². The molecule has 0 fully saturated rings. The fourth-order valence-corrected chi connectivity index (χ4v) is 2.18. The smallest absolute Gasteiger partial charge is 0.173 e. The van der Waals surface area contributed by atoms with Crippen molar-refractivity contribution >= 4 is 5.84 Å². The third kappa shape index (κ3) is 2.99. The highest BCUT2D eigenvalue weighted by molar-refractivity contribution is 5.99. The maximum atomic E-state index is 8.93. The predicted octanol–water partition coefficient (Wildman–Crippen LogP) is 3.81. The van der Waals surface area contributed by atoms with E-state index in [2.05, 4.69) is 11.2 Å². The molecule has 0 saturated carbocycles. The molecule has 21 heavy (non-hydrogen) atoms. The van der Waals surface area contributed by atoms with Crippen LogP contribution < -0.4 is 10.5 Å². The molecule has 0 heterocycles. The molecule has 0 atom stereocenters. The molecule has 0 bridgehead atoms. The van der Waals surface area contributed by atoms with Gasteiger partial charge in [-0.1, -0.05) is 28.9 Å². The Morgan fingerprint density at radius 1 is 1.05 bits per heavy atom. The van der Waals surface area contributed by atoms with Crippen LogP contribution >= 0.6 is 0 Å². The summed E-state index contributed by atoms with van der Waals surface area (Å²) in [6, 6.07) is 9.70. The molecule has 0 amide bonds. The average Bonchev–Trinajstić information content (AvgIpc) is 2.48. The number of hydrogen-bond donors (Lipinski definition) is 2. The van der Waals surface area contributed by atoms with Crippen molar-refractivity contribution in [3.63, 3.8) is 0 Å². The fraction of sp³-hybridized carbons (Fsp3) is 0.235. The van der Waals surface area contributed by atoms with Gasteiger partial charge in [-0.05, 0) is 56.5 Å². The minimum absolute atomic E-state index is 0.0386. The highest BCUT2D eigenvalue weighted by Crippen LogP contribution is 2.32. The Kier molecular flexibility index (Phi) is 4.17. The second-order valence-electron chi connectivity index (χ2n) is 5.24. The van der Waals surface area contributed by atoms with Crippen molar-refractivity contribution in [2.45, 2.75) is 27.7 Å². The normalized spacial score (nSPS) is 11.5. The zero-order valence-electron chi connectivity index (χ0n) is 12.8. The summed E-state index contributed by atoms with van der Waals surface area (Å²) in [6.07, 6.45) is 0. The molecule has 0 unspecified atom stereocenters. The van der Waals surface area contributed by atoms with Crippen molar-refractivity contribution in [3.05, 3.63) is 58.1 Å². The summed E-state index contributed by atoms with van der Waals surface area (Å²) in [6.45, 7) is 8.01. The third-order valence-electron chi connectivity index (χ3n) is 3.60. The van der Waals surface area contributed by atoms with Crippen molar-refractivity contribution in [1.82, 2.24) is 0 Å². The first-order valence-electron chi connectivity index (χ1n) is 6.77. The molecule has 2 aromatic rings. The van der Waals surface area contributed by atoms with E-state index in [-0.39, 0.29) is 5.84 Å². The van der Waals surface area contributed by atoms with E-state index in [0.717, 1.165) is 28.0 Å². The molecule has 2 rings (SSSR count).